The Labute approximate surface area is 137 Å². The minimum atomic E-state index is -0.383. The first-order valence-corrected chi connectivity index (χ1v) is 7.20. The Morgan fingerprint density at radius 2 is 2.00 bits per heavy atom. The Kier molecular flexibility index (Phi) is 5.29. The first kappa shape index (κ1) is 17.6. The van der Waals surface area contributed by atoms with Crippen molar-refractivity contribution in [3.05, 3.63) is 16.7 Å². The molecule has 10 nitrogen and oxygen atoms in total. The number of esters is 1. The Hall–Kier alpha value is -2.75. The molecule has 2 heterocycles. The maximum Gasteiger partial charge on any atom is 0.302 e. The molecule has 2 aromatic rings. The third kappa shape index (κ3) is 3.59. The summed E-state index contributed by atoms with van der Waals surface area (Å²) in [4.78, 5) is 44.3. The first-order chi connectivity index (χ1) is 11.3. The van der Waals surface area contributed by atoms with Crippen LogP contribution in [-0.2, 0) is 32.8 Å². The van der Waals surface area contributed by atoms with Crippen LogP contribution >= 0.6 is 0 Å². The van der Waals surface area contributed by atoms with E-state index in [1.54, 1.807) is 0 Å². The van der Waals surface area contributed by atoms with Gasteiger partial charge in [-0.05, 0) is 0 Å². The highest BCUT2D eigenvalue weighted by Crippen LogP contribution is 2.12. The minimum Gasteiger partial charge on any atom is -0.463 e. The monoisotopic (exact) mass is 337 g/mol. The zero-order valence-corrected chi connectivity index (χ0v) is 14.0. The number of imidazole rings is 1. The molecular weight excluding hydrogens is 318 g/mol. The van der Waals surface area contributed by atoms with E-state index < -0.39 is 0 Å². The van der Waals surface area contributed by atoms with E-state index in [1.807, 2.05) is 0 Å². The predicted octanol–water partition coefficient (Wildman–Crippen LogP) is -0.350. The van der Waals surface area contributed by atoms with Gasteiger partial charge in [-0.25, -0.2) is 4.98 Å². The van der Waals surface area contributed by atoms with Crippen LogP contribution in [0.1, 0.15) is 13.8 Å². The van der Waals surface area contributed by atoms with Crippen molar-refractivity contribution in [3.8, 4) is 0 Å². The number of carbonyl (C=O) groups is 2. The molecular formula is C14H19N5O5. The summed E-state index contributed by atoms with van der Waals surface area (Å²) in [6.07, 6.45) is 1.43. The summed E-state index contributed by atoms with van der Waals surface area (Å²) in [5.41, 5.74) is 0.152. The predicted molar refractivity (Wildman–Crippen MR) is 84.4 cm³/mol. The van der Waals surface area contributed by atoms with Gasteiger partial charge in [-0.15, -0.1) is 0 Å². The molecule has 0 fully saturated rings. The van der Waals surface area contributed by atoms with Gasteiger partial charge in [0.1, 0.15) is 13.3 Å². The molecule has 0 saturated carbocycles. The standard InChI is InChI=1S/C14H19N5O5/c1-9(20)17(3)14-16-12-11(13(22)18(14)4)19(7-15-12)8-23-5-6-24-10(2)21/h7H,5-6,8H2,1-4H3. The fourth-order valence-electron chi connectivity index (χ4n) is 2.04. The topological polar surface area (TPSA) is 109 Å². The number of ether oxygens (including phenoxy) is 2. The van der Waals surface area contributed by atoms with E-state index in [0.29, 0.717) is 0 Å². The zero-order chi connectivity index (χ0) is 17.9. The fraction of sp³-hybridized carbons (Fsp3) is 0.500. The van der Waals surface area contributed by atoms with Crippen LogP contribution in [0, 0.1) is 0 Å². The Bertz CT molecular complexity index is 825. The van der Waals surface area contributed by atoms with Gasteiger partial charge < -0.3 is 14.0 Å². The van der Waals surface area contributed by atoms with Crippen molar-refractivity contribution in [2.75, 3.05) is 25.2 Å². The molecule has 10 heteroatoms. The Morgan fingerprint density at radius 3 is 2.62 bits per heavy atom. The number of rotatable bonds is 6. The van der Waals surface area contributed by atoms with Gasteiger partial charge in [0.05, 0.1) is 12.9 Å². The number of hydrogen-bond acceptors (Lipinski definition) is 7. The molecule has 0 aliphatic carbocycles. The number of hydrogen-bond donors (Lipinski definition) is 0. The molecule has 0 spiro atoms. The van der Waals surface area contributed by atoms with E-state index >= 15 is 0 Å². The van der Waals surface area contributed by atoms with Crippen molar-refractivity contribution >= 4 is 29.0 Å². The van der Waals surface area contributed by atoms with Gasteiger partial charge in [0, 0.05) is 27.9 Å². The second kappa shape index (κ2) is 7.21. The van der Waals surface area contributed by atoms with Crippen LogP contribution in [0.2, 0.25) is 0 Å². The number of nitrogens with zero attached hydrogens (tertiary/aromatic N) is 5. The zero-order valence-electron chi connectivity index (χ0n) is 14.0. The first-order valence-electron chi connectivity index (χ1n) is 7.20. The van der Waals surface area contributed by atoms with Crippen molar-refractivity contribution in [1.29, 1.82) is 0 Å². The van der Waals surface area contributed by atoms with Crippen LogP contribution in [0.4, 0.5) is 5.95 Å². The molecule has 0 bridgehead atoms. The SMILES string of the molecule is CC(=O)OCCOCn1cnc2nc(N(C)C(C)=O)n(C)c(=O)c21. The van der Waals surface area contributed by atoms with Crippen LogP contribution in [0.25, 0.3) is 11.2 Å². The van der Waals surface area contributed by atoms with E-state index in [4.69, 9.17) is 9.47 Å². The van der Waals surface area contributed by atoms with Crippen LogP contribution in [0.5, 0.6) is 0 Å². The van der Waals surface area contributed by atoms with Gasteiger partial charge in [-0.1, -0.05) is 0 Å². The second-order valence-corrected chi connectivity index (χ2v) is 5.12. The molecule has 130 valence electrons. The summed E-state index contributed by atoms with van der Waals surface area (Å²) in [5, 5.41) is 0. The van der Waals surface area contributed by atoms with E-state index in [0.717, 1.165) is 0 Å². The summed E-state index contributed by atoms with van der Waals surface area (Å²) in [7, 11) is 3.06. The largest absolute Gasteiger partial charge is 0.463 e. The highest BCUT2D eigenvalue weighted by molar-refractivity contribution is 5.89. The quantitative estimate of drug-likeness (QED) is 0.523. The van der Waals surface area contributed by atoms with Gasteiger partial charge in [0.25, 0.3) is 5.56 Å². The lowest BCUT2D eigenvalue weighted by molar-refractivity contribution is -0.142. The lowest BCUT2D eigenvalue weighted by atomic mass is 10.5. The lowest BCUT2D eigenvalue weighted by Crippen LogP contribution is -2.32. The smallest absolute Gasteiger partial charge is 0.302 e. The van der Waals surface area contributed by atoms with Gasteiger partial charge in [0.2, 0.25) is 11.9 Å². The second-order valence-electron chi connectivity index (χ2n) is 5.12. The van der Waals surface area contributed by atoms with Crippen LogP contribution in [-0.4, -0.2) is 51.2 Å². The van der Waals surface area contributed by atoms with Crippen molar-refractivity contribution in [2.45, 2.75) is 20.6 Å². The van der Waals surface area contributed by atoms with Crippen LogP contribution in [0.3, 0.4) is 0 Å². The Morgan fingerprint density at radius 1 is 1.29 bits per heavy atom. The summed E-state index contributed by atoms with van der Waals surface area (Å²) in [5.74, 6) is -0.419. The van der Waals surface area contributed by atoms with Crippen molar-refractivity contribution in [1.82, 2.24) is 19.1 Å². The molecule has 0 N–H and O–H groups in total. The summed E-state index contributed by atoms with van der Waals surface area (Å²) < 4.78 is 12.9. The van der Waals surface area contributed by atoms with Crippen molar-refractivity contribution < 1.29 is 19.1 Å². The number of amides is 1. The van der Waals surface area contributed by atoms with Gasteiger partial charge in [0.15, 0.2) is 11.2 Å². The minimum absolute atomic E-state index is 0.0661. The molecule has 0 atom stereocenters. The van der Waals surface area contributed by atoms with Crippen molar-refractivity contribution in [3.63, 3.8) is 0 Å². The Balaban J connectivity index is 2.23. The summed E-state index contributed by atoms with van der Waals surface area (Å²) >= 11 is 0. The molecule has 0 radical (unpaired) electrons. The summed E-state index contributed by atoms with van der Waals surface area (Å²) in [6.45, 7) is 3.08. The normalized spacial score (nSPS) is 10.8. The average molecular weight is 337 g/mol. The van der Waals surface area contributed by atoms with Crippen LogP contribution < -0.4 is 10.5 Å². The third-order valence-electron chi connectivity index (χ3n) is 3.37. The molecule has 2 rings (SSSR count). The van der Waals surface area contributed by atoms with Crippen molar-refractivity contribution in [2.24, 2.45) is 7.05 Å². The van der Waals surface area contributed by atoms with E-state index in [9.17, 15) is 14.4 Å². The average Bonchev–Trinajstić information content (AvgIpc) is 2.92. The molecule has 24 heavy (non-hydrogen) atoms. The molecule has 2 aromatic heterocycles. The van der Waals surface area contributed by atoms with Gasteiger partial charge in [-0.2, -0.15) is 4.98 Å². The molecule has 0 unspecified atom stereocenters. The van der Waals surface area contributed by atoms with E-state index in [2.05, 4.69) is 9.97 Å². The van der Waals surface area contributed by atoms with E-state index in [1.165, 1.54) is 48.3 Å². The third-order valence-corrected chi connectivity index (χ3v) is 3.37. The lowest BCUT2D eigenvalue weighted by Gasteiger charge is -2.16. The van der Waals surface area contributed by atoms with Crippen LogP contribution in [0.15, 0.2) is 11.1 Å². The molecule has 1 amide bonds. The number of aromatic nitrogens is 4. The maximum absolute atomic E-state index is 12.5. The highest BCUT2D eigenvalue weighted by Gasteiger charge is 2.17. The number of fused-ring (bicyclic) bond motifs is 1. The molecule has 0 saturated heterocycles. The van der Waals surface area contributed by atoms with E-state index in [-0.39, 0.29) is 54.5 Å². The molecule has 0 aliphatic heterocycles. The molecule has 0 aliphatic rings. The maximum atomic E-state index is 12.5. The number of anilines is 1. The van der Waals surface area contributed by atoms with Gasteiger partial charge in [-0.3, -0.25) is 23.9 Å². The highest BCUT2D eigenvalue weighted by atomic mass is 16.6. The van der Waals surface area contributed by atoms with Gasteiger partial charge >= 0.3 is 5.97 Å². The molecule has 0 aromatic carbocycles. The fourth-order valence-corrected chi connectivity index (χ4v) is 2.04. The number of carbonyl (C=O) groups excluding carboxylic acids is 2. The summed E-state index contributed by atoms with van der Waals surface area (Å²) in [6, 6.07) is 0.